The number of nitrogens with one attached hydrogen (secondary N) is 2. The quantitative estimate of drug-likeness (QED) is 0.0800. The molecule has 0 saturated carbocycles. The average molecular weight is 1770 g/mol. The van der Waals surface area contributed by atoms with Gasteiger partial charge in [-0.05, 0) is 175 Å². The van der Waals surface area contributed by atoms with Crippen molar-refractivity contribution in [3.8, 4) is 28.0 Å². The average Bonchev–Trinajstić information content (AvgIpc) is 0.883. The zero-order valence-electron chi connectivity index (χ0n) is 62.2. The number of carbonyl (C=O) groups excluding carboxylic acids is 10. The fraction of sp³-hybridized carbons (Fsp3) is 0.0814. The summed E-state index contributed by atoms with van der Waals surface area (Å²) in [5, 5.41) is 17.3. The predicted octanol–water partition coefficient (Wildman–Crippen LogP) is 20.0. The van der Waals surface area contributed by atoms with E-state index in [9.17, 15) is 70.7 Å². The number of H-pyrrole nitrogens is 2. The molecule has 10 heterocycles. The van der Waals surface area contributed by atoms with E-state index < -0.39 is 23.0 Å². The van der Waals surface area contributed by atoms with E-state index in [1.807, 2.05) is 175 Å². The first-order valence-corrected chi connectivity index (χ1v) is 40.0. The normalized spacial score (nSPS) is 10.0. The number of pyridine rings is 1. The van der Waals surface area contributed by atoms with E-state index in [1.165, 1.54) is 83.6 Å². The number of nitriles is 1. The lowest BCUT2D eigenvalue weighted by Gasteiger charge is -2.09. The molecule has 2 N–H and O–H groups in total. The number of para-hydroxylation sites is 2. The molecule has 598 valence electrons. The number of hydrogen-bond donors (Lipinski definition) is 2. The molecule has 22 nitrogen and oxygen atoms in total. The largest absolute Gasteiger partial charge is 0.416 e. The summed E-state index contributed by atoms with van der Waals surface area (Å²) in [6, 6.07) is 63.6. The van der Waals surface area contributed by atoms with Gasteiger partial charge in [0.1, 0.15) is 17.0 Å². The van der Waals surface area contributed by atoms with Crippen LogP contribution in [0.5, 0.6) is 0 Å². The Hall–Kier alpha value is -13.2. The number of aromatic amines is 2. The van der Waals surface area contributed by atoms with Gasteiger partial charge in [-0.25, -0.2) is 19.7 Å². The second-order valence-corrected chi connectivity index (χ2v) is 30.0. The number of thiazole rings is 3. The van der Waals surface area contributed by atoms with E-state index >= 15 is 0 Å². The van der Waals surface area contributed by atoms with Crippen LogP contribution in [0.4, 0.5) is 13.2 Å². The summed E-state index contributed by atoms with van der Waals surface area (Å²) in [5.74, 6) is 0. The summed E-state index contributed by atoms with van der Waals surface area (Å²) in [7, 11) is 0. The standard InChI is InChI=1S/C12H8F3NO.C12H11NO.C11H8ClNO.C10H7NOS.C9H6OS.C8H8N2O.C8H5NOS.C6H7NOS.C5H3BrOS.C5H4N2O3/c13-12(14,15)9-3-5-10(6-4-9)16-7-1-2-11(16)8-17;14-9-3-4-10-7-8-13-12-6-2-1-5-11(10)12;12-9-3-5-10(6-4-9)13-7-1-2-11(13)8-14;12-6-9-7-13-10(11-9)8-4-2-1-3-5-8;10-6-8-5-7-3-1-2-4-9(7)11-8;9-4-2-6-10-5-1-3-8(10)7-11;10-5-8-9-6-3-1-2-4-7(6)11-8;1-4-6(3-8)9-5(2)7-4;6-4-1-5(2-7)8-3-4;8-2-3-1-6-5(10)7-4(3)9/h1-8H;1-2,5-9H,3-4H2;1-8H;1-7H;1-6H;1,3,5,7H,2,6H2;1-5H;3H,1-2H3;1-3H;1-2H,(H2,6,7,9,10). The summed E-state index contributed by atoms with van der Waals surface area (Å²) < 4.78 is 45.3. The summed E-state index contributed by atoms with van der Waals surface area (Å²) in [6.45, 7) is 4.33. The van der Waals surface area contributed by atoms with Crippen LogP contribution in [-0.4, -0.2) is 106 Å². The van der Waals surface area contributed by atoms with Crippen LogP contribution in [0.25, 0.3) is 53.2 Å². The van der Waals surface area contributed by atoms with E-state index in [1.54, 1.807) is 77.1 Å². The maximum atomic E-state index is 12.3. The highest BCUT2D eigenvalue weighted by Crippen LogP contribution is 2.31. The molecule has 0 bridgehead atoms. The number of alkyl halides is 3. The Morgan fingerprint density at radius 2 is 1.18 bits per heavy atom. The van der Waals surface area contributed by atoms with Crippen molar-refractivity contribution < 1.29 is 61.1 Å². The number of aldehydes is 10. The molecule has 118 heavy (non-hydrogen) atoms. The second kappa shape index (κ2) is 48.9. The fourth-order valence-electron chi connectivity index (χ4n) is 9.97. The van der Waals surface area contributed by atoms with E-state index in [2.05, 4.69) is 40.8 Å². The minimum absolute atomic E-state index is 0.0837. The summed E-state index contributed by atoms with van der Waals surface area (Å²) in [5.41, 5.74) is 6.52. The van der Waals surface area contributed by atoms with Gasteiger partial charge in [0.2, 0.25) is 0 Å². The SMILES string of the molecule is Cc1nc(C)c(C=O)s1.N#CCCn1cccc1C=O.O=CCCc1ccnc2ccccc12.O=Cc1c[nH]c(=O)[nH]c1=O.O=Cc1cc(Br)cs1.O=Cc1cc2ccccc2s1.O=Cc1cccn1-c1ccc(C(F)(F)F)cc1.O=Cc1cccn1-c1ccc(Cl)cc1.O=Cc1csc(-c2ccccc2)n1.O=Cc1nc2ccccc2s1. The molecule has 16 aromatic rings. The lowest BCUT2D eigenvalue weighted by molar-refractivity contribution is -0.137. The van der Waals surface area contributed by atoms with E-state index in [0.717, 1.165) is 148 Å². The van der Waals surface area contributed by atoms with Gasteiger partial charge >= 0.3 is 11.9 Å². The maximum Gasteiger partial charge on any atom is 0.416 e. The van der Waals surface area contributed by atoms with Crippen molar-refractivity contribution >= 4 is 178 Å². The fourth-order valence-corrected chi connectivity index (χ4v) is 14.5. The van der Waals surface area contributed by atoms with Gasteiger partial charge in [0, 0.05) is 91.2 Å². The zero-order chi connectivity index (χ0) is 85.2. The van der Waals surface area contributed by atoms with Crippen LogP contribution < -0.4 is 11.2 Å². The van der Waals surface area contributed by atoms with E-state index in [-0.39, 0.29) is 5.56 Å². The van der Waals surface area contributed by atoms with Crippen molar-refractivity contribution in [3.63, 3.8) is 0 Å². The first-order valence-electron chi connectivity index (χ1n) is 34.6. The van der Waals surface area contributed by atoms with E-state index in [0.29, 0.717) is 70.5 Å². The highest BCUT2D eigenvalue weighted by Gasteiger charge is 2.30. The highest BCUT2D eigenvalue weighted by molar-refractivity contribution is 9.10. The molecule has 6 aromatic carbocycles. The summed E-state index contributed by atoms with van der Waals surface area (Å²) >= 11 is 16.3. The minimum Gasteiger partial charge on any atom is -0.344 e. The number of hydrogen-bond acceptors (Lipinski definition) is 22. The first-order chi connectivity index (χ1) is 57.1. The van der Waals surface area contributed by atoms with Gasteiger partial charge in [-0.15, -0.1) is 56.7 Å². The molecule has 0 aliphatic rings. The Bertz CT molecular complexity index is 5970. The number of thiophene rings is 2. The molecule has 0 aliphatic carbocycles. The van der Waals surface area contributed by atoms with Gasteiger partial charge < -0.3 is 23.5 Å². The molecule has 0 atom stereocenters. The summed E-state index contributed by atoms with van der Waals surface area (Å²) in [6.07, 6.45) is 13.3. The van der Waals surface area contributed by atoms with Crippen molar-refractivity contribution in [2.75, 3.05) is 0 Å². The number of aryl methyl sites for hydroxylation is 4. The van der Waals surface area contributed by atoms with Gasteiger partial charge in [-0.3, -0.25) is 57.9 Å². The Kier molecular flexibility index (Phi) is 38.1. The van der Waals surface area contributed by atoms with Crippen LogP contribution in [0, 0.1) is 25.2 Å². The molecule has 0 fully saturated rings. The van der Waals surface area contributed by atoms with Crippen LogP contribution in [-0.2, 0) is 23.9 Å². The number of halogens is 5. The Morgan fingerprint density at radius 1 is 0.568 bits per heavy atom. The number of nitrogens with zero attached hydrogens (tertiary/aromatic N) is 8. The van der Waals surface area contributed by atoms with Gasteiger partial charge in [0.05, 0.1) is 81.8 Å². The van der Waals surface area contributed by atoms with Crippen LogP contribution >= 0.6 is 84.2 Å². The number of benzene rings is 6. The number of rotatable bonds is 17. The van der Waals surface area contributed by atoms with Crippen molar-refractivity contribution in [2.24, 2.45) is 0 Å². The molecule has 0 spiro atoms. The molecule has 16 rings (SSSR count). The smallest absolute Gasteiger partial charge is 0.344 e. The monoisotopic (exact) mass is 1760 g/mol. The van der Waals surface area contributed by atoms with Crippen molar-refractivity contribution in [2.45, 2.75) is 45.8 Å². The highest BCUT2D eigenvalue weighted by atomic mass is 79.9. The zero-order valence-corrected chi connectivity index (χ0v) is 68.6. The van der Waals surface area contributed by atoms with Gasteiger partial charge in [0.15, 0.2) is 61.6 Å². The molecular formula is C86H67BrClF3N10O12S5. The number of carbonyl (C=O) groups is 10. The molecule has 0 saturated heterocycles. The first kappa shape index (κ1) is 92.0. The van der Waals surface area contributed by atoms with Crippen molar-refractivity contribution in [3.05, 3.63) is 348 Å². The summed E-state index contributed by atoms with van der Waals surface area (Å²) in [4.78, 5) is 147. The molecular weight excluding hydrogens is 1700 g/mol. The number of fused-ring (bicyclic) bond motifs is 3. The lowest BCUT2D eigenvalue weighted by atomic mass is 10.1. The Labute approximate surface area is 705 Å². The molecule has 32 heteroatoms. The Morgan fingerprint density at radius 3 is 1.70 bits per heavy atom. The van der Waals surface area contributed by atoms with Crippen molar-refractivity contribution in [1.29, 1.82) is 5.26 Å². The Balaban J connectivity index is 0.000000182. The third-order valence-corrected chi connectivity index (χ3v) is 21.2. The van der Waals surface area contributed by atoms with Gasteiger partial charge in [-0.2, -0.15) is 18.4 Å². The maximum absolute atomic E-state index is 12.3. The van der Waals surface area contributed by atoms with E-state index in [4.69, 9.17) is 16.9 Å². The minimum atomic E-state index is -4.34. The molecule has 10 aromatic heterocycles. The molecule has 0 radical (unpaired) electrons. The predicted molar refractivity (Wildman–Crippen MR) is 461 cm³/mol. The number of aromatic nitrogens is 9. The third kappa shape index (κ3) is 29.3. The van der Waals surface area contributed by atoms with Gasteiger partial charge in [-0.1, -0.05) is 90.5 Å². The van der Waals surface area contributed by atoms with Crippen LogP contribution in [0.2, 0.25) is 5.02 Å². The van der Waals surface area contributed by atoms with Crippen LogP contribution in [0.3, 0.4) is 0 Å². The van der Waals surface area contributed by atoms with Crippen molar-refractivity contribution in [1.82, 2.24) is 43.6 Å². The third-order valence-electron chi connectivity index (χ3n) is 15.5. The topological polar surface area (TPSA) is 327 Å². The lowest BCUT2D eigenvalue weighted by Crippen LogP contribution is -2.24. The second-order valence-electron chi connectivity index (χ2n) is 23.4. The van der Waals surface area contributed by atoms with Crippen LogP contribution in [0.1, 0.15) is 126 Å². The van der Waals surface area contributed by atoms with Crippen LogP contribution in [0.15, 0.2) is 262 Å². The van der Waals surface area contributed by atoms with Gasteiger partial charge in [0.25, 0.3) is 5.56 Å². The molecule has 0 aliphatic heterocycles. The molecule has 0 unspecified atom stereocenters. The molecule has 0 amide bonds.